The zero-order valence-electron chi connectivity index (χ0n) is 18.1. The van der Waals surface area contributed by atoms with Gasteiger partial charge < -0.3 is 10.1 Å². The van der Waals surface area contributed by atoms with Crippen LogP contribution < -0.4 is 5.32 Å². The molecule has 7 heteroatoms. The van der Waals surface area contributed by atoms with Gasteiger partial charge in [-0.1, -0.05) is 38.3 Å². The van der Waals surface area contributed by atoms with Gasteiger partial charge in [0.25, 0.3) is 5.91 Å². The van der Waals surface area contributed by atoms with Gasteiger partial charge in [0, 0.05) is 12.1 Å². The summed E-state index contributed by atoms with van der Waals surface area (Å²) in [6.45, 7) is 4.09. The molecule has 0 radical (unpaired) electrons. The Bertz CT molecular complexity index is 833. The van der Waals surface area contributed by atoms with Crippen LogP contribution in [0.1, 0.15) is 69.9 Å². The zero-order chi connectivity index (χ0) is 22.6. The van der Waals surface area contributed by atoms with E-state index in [1.54, 1.807) is 6.92 Å². The third kappa shape index (κ3) is 5.31. The summed E-state index contributed by atoms with van der Waals surface area (Å²) in [4.78, 5) is 25.4. The van der Waals surface area contributed by atoms with E-state index in [2.05, 4.69) is 12.2 Å². The van der Waals surface area contributed by atoms with E-state index in [9.17, 15) is 22.8 Å². The number of carbonyl (C=O) groups is 2. The Morgan fingerprint density at radius 2 is 1.77 bits per heavy atom. The van der Waals surface area contributed by atoms with Crippen molar-refractivity contribution >= 4 is 11.9 Å². The predicted octanol–water partition coefficient (Wildman–Crippen LogP) is 5.36. The van der Waals surface area contributed by atoms with Gasteiger partial charge in [-0.2, -0.15) is 13.2 Å². The van der Waals surface area contributed by atoms with Gasteiger partial charge in [0.1, 0.15) is 5.60 Å². The van der Waals surface area contributed by atoms with E-state index in [-0.39, 0.29) is 12.5 Å². The molecule has 1 amide bonds. The van der Waals surface area contributed by atoms with Crippen molar-refractivity contribution in [1.82, 2.24) is 5.32 Å². The third-order valence-electron chi connectivity index (χ3n) is 6.60. The van der Waals surface area contributed by atoms with Crippen LogP contribution in [0.25, 0.3) is 0 Å². The average molecular weight is 438 g/mol. The van der Waals surface area contributed by atoms with Gasteiger partial charge in [0.15, 0.2) is 0 Å². The summed E-state index contributed by atoms with van der Waals surface area (Å²) >= 11 is 0. The Hall–Kier alpha value is -2.31. The average Bonchev–Trinajstić information content (AvgIpc) is 2.95. The minimum absolute atomic E-state index is 0.267. The SMILES string of the molecule is CCC1CCCC2(CCC1)OC(=O)C(C)=C2C(=O)NCCc1ccc(C(F)(F)F)cc1. The molecule has 1 aromatic rings. The van der Waals surface area contributed by atoms with Crippen molar-refractivity contribution in [2.45, 2.75) is 77.0 Å². The number of benzene rings is 1. The summed E-state index contributed by atoms with van der Waals surface area (Å²) in [5.41, 5.74) is -0.0547. The zero-order valence-corrected chi connectivity index (χ0v) is 18.1. The fourth-order valence-electron chi connectivity index (χ4n) is 4.78. The molecule has 0 aromatic heterocycles. The van der Waals surface area contributed by atoms with E-state index in [4.69, 9.17) is 4.74 Å². The Morgan fingerprint density at radius 1 is 1.16 bits per heavy atom. The molecular weight excluding hydrogens is 407 g/mol. The molecule has 0 bridgehead atoms. The summed E-state index contributed by atoms with van der Waals surface area (Å²) in [6, 6.07) is 4.92. The summed E-state index contributed by atoms with van der Waals surface area (Å²) in [7, 11) is 0. The van der Waals surface area contributed by atoms with Crippen LogP contribution >= 0.6 is 0 Å². The number of hydrogen-bond donors (Lipinski definition) is 1. The molecule has 1 fully saturated rings. The highest BCUT2D eigenvalue weighted by Crippen LogP contribution is 2.43. The molecule has 0 saturated heterocycles. The minimum Gasteiger partial charge on any atom is -0.451 e. The van der Waals surface area contributed by atoms with Crippen LogP contribution in [0.5, 0.6) is 0 Å². The number of amides is 1. The molecule has 1 spiro atoms. The van der Waals surface area contributed by atoms with Crippen LogP contribution in [-0.2, 0) is 26.9 Å². The number of nitrogens with one attached hydrogen (secondary N) is 1. The van der Waals surface area contributed by atoms with Gasteiger partial charge in [0.05, 0.1) is 11.1 Å². The lowest BCUT2D eigenvalue weighted by Crippen LogP contribution is -2.41. The first-order valence-corrected chi connectivity index (χ1v) is 11.1. The van der Waals surface area contributed by atoms with Crippen LogP contribution in [0.2, 0.25) is 0 Å². The molecule has 170 valence electrons. The number of hydrogen-bond acceptors (Lipinski definition) is 3. The molecule has 2 aliphatic rings. The largest absolute Gasteiger partial charge is 0.451 e. The van der Waals surface area contributed by atoms with Gasteiger partial charge in [-0.05, 0) is 62.6 Å². The molecule has 0 atom stereocenters. The van der Waals surface area contributed by atoms with Crippen molar-refractivity contribution in [2.75, 3.05) is 6.54 Å². The van der Waals surface area contributed by atoms with Crippen molar-refractivity contribution in [1.29, 1.82) is 0 Å². The maximum Gasteiger partial charge on any atom is 0.416 e. The second kappa shape index (κ2) is 9.45. The monoisotopic (exact) mass is 437 g/mol. The number of esters is 1. The van der Waals surface area contributed by atoms with Crippen LogP contribution in [0, 0.1) is 5.92 Å². The molecule has 1 N–H and O–H groups in total. The summed E-state index contributed by atoms with van der Waals surface area (Å²) in [5.74, 6) is -0.0658. The third-order valence-corrected chi connectivity index (χ3v) is 6.60. The lowest BCUT2D eigenvalue weighted by Gasteiger charge is -2.33. The van der Waals surface area contributed by atoms with Gasteiger partial charge in [0.2, 0.25) is 0 Å². The highest BCUT2D eigenvalue weighted by molar-refractivity contribution is 6.07. The standard InChI is InChI=1S/C24H30F3NO3/c1-3-17-6-4-13-23(14-5-7-17)20(16(2)22(30)31-23)21(29)28-15-12-18-8-10-19(11-9-18)24(25,26)27/h8-11,17H,3-7,12-15H2,1-2H3,(H,28,29). The van der Waals surface area contributed by atoms with Gasteiger partial charge >= 0.3 is 12.1 Å². The second-order valence-electron chi connectivity index (χ2n) is 8.64. The lowest BCUT2D eigenvalue weighted by molar-refractivity contribution is -0.149. The molecule has 4 nitrogen and oxygen atoms in total. The maximum absolute atomic E-state index is 13.0. The van der Waals surface area contributed by atoms with Crippen molar-refractivity contribution in [3.05, 3.63) is 46.5 Å². The Balaban J connectivity index is 1.64. The molecule has 1 aliphatic carbocycles. The Labute approximate surface area is 181 Å². The highest BCUT2D eigenvalue weighted by atomic mass is 19.4. The van der Waals surface area contributed by atoms with E-state index in [0.29, 0.717) is 41.9 Å². The Kier molecular flexibility index (Phi) is 7.12. The molecule has 1 aliphatic heterocycles. The van der Waals surface area contributed by atoms with Gasteiger partial charge in [-0.25, -0.2) is 4.79 Å². The smallest absolute Gasteiger partial charge is 0.416 e. The summed E-state index contributed by atoms with van der Waals surface area (Å²) in [6.07, 6.45) is 2.41. The number of rotatable bonds is 5. The molecule has 3 rings (SSSR count). The number of ether oxygens (including phenoxy) is 1. The van der Waals surface area contributed by atoms with Crippen molar-refractivity contribution < 1.29 is 27.5 Å². The summed E-state index contributed by atoms with van der Waals surface area (Å²) in [5, 5.41) is 2.85. The quantitative estimate of drug-likeness (QED) is 0.631. The number of halogens is 3. The van der Waals surface area contributed by atoms with Crippen molar-refractivity contribution in [2.24, 2.45) is 5.92 Å². The lowest BCUT2D eigenvalue weighted by atomic mass is 9.77. The van der Waals surface area contributed by atoms with Crippen LogP contribution in [0.3, 0.4) is 0 Å². The van der Waals surface area contributed by atoms with Crippen LogP contribution in [0.4, 0.5) is 13.2 Å². The maximum atomic E-state index is 13.0. The fourth-order valence-corrected chi connectivity index (χ4v) is 4.78. The van der Waals surface area contributed by atoms with Gasteiger partial charge in [-0.3, -0.25) is 4.79 Å². The number of carbonyl (C=O) groups excluding carboxylic acids is 2. The first kappa shape index (κ1) is 23.4. The molecular formula is C24H30F3NO3. The first-order valence-electron chi connectivity index (χ1n) is 11.1. The van der Waals surface area contributed by atoms with E-state index in [1.165, 1.54) is 12.1 Å². The predicted molar refractivity (Wildman–Crippen MR) is 111 cm³/mol. The molecule has 31 heavy (non-hydrogen) atoms. The molecule has 0 unspecified atom stereocenters. The van der Waals surface area contributed by atoms with E-state index in [0.717, 1.165) is 44.2 Å². The van der Waals surface area contributed by atoms with Crippen LogP contribution in [0.15, 0.2) is 35.4 Å². The topological polar surface area (TPSA) is 55.4 Å². The molecule has 1 aromatic carbocycles. The van der Waals surface area contributed by atoms with Gasteiger partial charge in [-0.15, -0.1) is 0 Å². The Morgan fingerprint density at radius 3 is 2.32 bits per heavy atom. The van der Waals surface area contributed by atoms with E-state index >= 15 is 0 Å². The van der Waals surface area contributed by atoms with Crippen molar-refractivity contribution in [3.8, 4) is 0 Å². The van der Waals surface area contributed by atoms with E-state index in [1.807, 2.05) is 0 Å². The second-order valence-corrected chi connectivity index (χ2v) is 8.64. The molecule has 1 saturated carbocycles. The fraction of sp³-hybridized carbons (Fsp3) is 0.583. The highest BCUT2D eigenvalue weighted by Gasteiger charge is 2.48. The first-order chi connectivity index (χ1) is 14.7. The minimum atomic E-state index is -4.37. The summed E-state index contributed by atoms with van der Waals surface area (Å²) < 4.78 is 43.8. The van der Waals surface area contributed by atoms with Crippen molar-refractivity contribution in [3.63, 3.8) is 0 Å². The normalized spacial score (nSPS) is 24.7. The molecule has 1 heterocycles. The van der Waals surface area contributed by atoms with E-state index < -0.39 is 23.3 Å². The van der Waals surface area contributed by atoms with Crippen LogP contribution in [-0.4, -0.2) is 24.0 Å². The number of alkyl halides is 3.